The molecule has 1 amide bonds. The van der Waals surface area contributed by atoms with Gasteiger partial charge in [0.05, 0.1) is 14.2 Å². The molecule has 1 rings (SSSR count). The van der Waals surface area contributed by atoms with Crippen LogP contribution < -0.4 is 9.47 Å². The molecule has 6 nitrogen and oxygen atoms in total. The number of benzene rings is 1. The fourth-order valence-corrected chi connectivity index (χ4v) is 2.11. The van der Waals surface area contributed by atoms with E-state index < -0.39 is 5.97 Å². The molecule has 0 heterocycles. The summed E-state index contributed by atoms with van der Waals surface area (Å²) in [5, 5.41) is 8.88. The molecular weight excluding hydrogens is 286 g/mol. The number of aryl methyl sites for hydroxylation is 1. The lowest BCUT2D eigenvalue weighted by Gasteiger charge is -2.25. The average molecular weight is 309 g/mol. The van der Waals surface area contributed by atoms with Crippen LogP contribution in [0.2, 0.25) is 0 Å². The van der Waals surface area contributed by atoms with Crippen LogP contribution in [0.5, 0.6) is 11.5 Å². The molecule has 0 bridgehead atoms. The fraction of sp³-hybridized carbons (Fsp3) is 0.500. The number of hydrogen-bond donors (Lipinski definition) is 1. The van der Waals surface area contributed by atoms with E-state index in [0.29, 0.717) is 17.9 Å². The molecule has 0 radical (unpaired) electrons. The number of carboxylic acid groups (broad SMARTS) is 1. The van der Waals surface area contributed by atoms with Crippen molar-refractivity contribution in [1.29, 1.82) is 0 Å². The number of carbonyl (C=O) groups excluding carboxylic acids is 1. The van der Waals surface area contributed by atoms with Gasteiger partial charge < -0.3 is 19.5 Å². The molecular formula is C16H23NO5. The standard InChI is InChI=1S/C16H23NO5/c1-11(2)17(10-16(19)20)15(18)6-5-12-7-13(21-3)9-14(8-12)22-4/h7-9,11H,5-6,10H2,1-4H3,(H,19,20). The minimum absolute atomic E-state index is 0.150. The number of hydrogen-bond acceptors (Lipinski definition) is 4. The van der Waals surface area contributed by atoms with Crippen molar-refractivity contribution in [2.75, 3.05) is 20.8 Å². The van der Waals surface area contributed by atoms with Gasteiger partial charge in [-0.25, -0.2) is 0 Å². The zero-order valence-corrected chi connectivity index (χ0v) is 13.5. The maximum Gasteiger partial charge on any atom is 0.323 e. The molecule has 0 atom stereocenters. The highest BCUT2D eigenvalue weighted by molar-refractivity contribution is 5.81. The number of nitrogens with zero attached hydrogens (tertiary/aromatic N) is 1. The lowest BCUT2D eigenvalue weighted by molar-refractivity contribution is -0.145. The SMILES string of the molecule is COc1cc(CCC(=O)N(CC(=O)O)C(C)C)cc(OC)c1. The molecule has 0 unspecified atom stereocenters. The molecule has 6 heteroatoms. The molecule has 0 fully saturated rings. The van der Waals surface area contributed by atoms with Crippen LogP contribution >= 0.6 is 0 Å². The zero-order chi connectivity index (χ0) is 16.7. The van der Waals surface area contributed by atoms with Gasteiger partial charge in [-0.2, -0.15) is 0 Å². The fourth-order valence-electron chi connectivity index (χ4n) is 2.11. The average Bonchev–Trinajstić information content (AvgIpc) is 2.49. The van der Waals surface area contributed by atoms with Crippen molar-refractivity contribution < 1.29 is 24.2 Å². The number of amides is 1. The Hall–Kier alpha value is -2.24. The monoisotopic (exact) mass is 309 g/mol. The van der Waals surface area contributed by atoms with Crippen molar-refractivity contribution >= 4 is 11.9 Å². The highest BCUT2D eigenvalue weighted by Gasteiger charge is 2.19. The number of carbonyl (C=O) groups is 2. The molecule has 0 saturated carbocycles. The number of aliphatic carboxylic acids is 1. The van der Waals surface area contributed by atoms with Crippen LogP contribution in [0.15, 0.2) is 18.2 Å². The molecule has 1 N–H and O–H groups in total. The third kappa shape index (κ3) is 5.27. The molecule has 0 aliphatic carbocycles. The Morgan fingerprint density at radius 3 is 2.09 bits per heavy atom. The predicted octanol–water partition coefficient (Wildman–Crippen LogP) is 1.96. The van der Waals surface area contributed by atoms with Crippen LogP contribution in [0.25, 0.3) is 0 Å². The van der Waals surface area contributed by atoms with Gasteiger partial charge >= 0.3 is 5.97 Å². The zero-order valence-electron chi connectivity index (χ0n) is 13.5. The van der Waals surface area contributed by atoms with Gasteiger partial charge in [-0.1, -0.05) is 0 Å². The van der Waals surface area contributed by atoms with Crippen LogP contribution in [0, 0.1) is 0 Å². The Kier molecular flexibility index (Phi) is 6.69. The first-order valence-corrected chi connectivity index (χ1v) is 7.10. The smallest absolute Gasteiger partial charge is 0.323 e. The molecule has 0 aromatic heterocycles. The normalized spacial score (nSPS) is 10.4. The largest absolute Gasteiger partial charge is 0.497 e. The van der Waals surface area contributed by atoms with Crippen molar-refractivity contribution in [1.82, 2.24) is 4.90 Å². The van der Waals surface area contributed by atoms with Crippen LogP contribution in [0.3, 0.4) is 0 Å². The van der Waals surface area contributed by atoms with Crippen LogP contribution in [0.1, 0.15) is 25.8 Å². The molecule has 0 aliphatic rings. The topological polar surface area (TPSA) is 76.1 Å². The number of ether oxygens (including phenoxy) is 2. The van der Waals surface area contributed by atoms with E-state index >= 15 is 0 Å². The van der Waals surface area contributed by atoms with Crippen molar-refractivity contribution in [3.63, 3.8) is 0 Å². The second-order valence-electron chi connectivity index (χ2n) is 5.23. The van der Waals surface area contributed by atoms with Crippen molar-refractivity contribution in [3.8, 4) is 11.5 Å². The van der Waals surface area contributed by atoms with Gasteiger partial charge in [0.1, 0.15) is 18.0 Å². The molecule has 0 aliphatic heterocycles. The van der Waals surface area contributed by atoms with Crippen molar-refractivity contribution in [2.24, 2.45) is 0 Å². The number of rotatable bonds is 8. The first-order valence-electron chi connectivity index (χ1n) is 7.10. The molecule has 22 heavy (non-hydrogen) atoms. The maximum absolute atomic E-state index is 12.2. The first-order chi connectivity index (χ1) is 10.4. The summed E-state index contributed by atoms with van der Waals surface area (Å²) in [5.41, 5.74) is 0.906. The Morgan fingerprint density at radius 1 is 1.14 bits per heavy atom. The summed E-state index contributed by atoms with van der Waals surface area (Å²) in [6, 6.07) is 5.29. The molecule has 1 aromatic rings. The van der Waals surface area contributed by atoms with Crippen molar-refractivity contribution in [2.45, 2.75) is 32.7 Å². The lowest BCUT2D eigenvalue weighted by Crippen LogP contribution is -2.40. The molecule has 122 valence electrons. The molecule has 1 aromatic carbocycles. The van der Waals surface area contributed by atoms with E-state index in [9.17, 15) is 9.59 Å². The Bertz CT molecular complexity index is 505. The summed E-state index contributed by atoms with van der Waals surface area (Å²) in [7, 11) is 3.13. The highest BCUT2D eigenvalue weighted by atomic mass is 16.5. The van der Waals surface area contributed by atoms with Gasteiger partial charge in [0.25, 0.3) is 0 Å². The van der Waals surface area contributed by atoms with E-state index in [1.54, 1.807) is 34.1 Å². The predicted molar refractivity (Wildman–Crippen MR) is 82.4 cm³/mol. The highest BCUT2D eigenvalue weighted by Crippen LogP contribution is 2.23. The van der Waals surface area contributed by atoms with Crippen LogP contribution in [0.4, 0.5) is 0 Å². The number of carboxylic acids is 1. The third-order valence-corrected chi connectivity index (χ3v) is 3.29. The Balaban J connectivity index is 2.75. The summed E-state index contributed by atoms with van der Waals surface area (Å²) < 4.78 is 10.4. The Labute approximate surface area is 130 Å². The Morgan fingerprint density at radius 2 is 1.68 bits per heavy atom. The van der Waals surface area contributed by atoms with E-state index in [1.165, 1.54) is 4.90 Å². The van der Waals surface area contributed by atoms with Crippen molar-refractivity contribution in [3.05, 3.63) is 23.8 Å². The summed E-state index contributed by atoms with van der Waals surface area (Å²) >= 11 is 0. The minimum Gasteiger partial charge on any atom is -0.497 e. The van der Waals surface area contributed by atoms with E-state index in [2.05, 4.69) is 0 Å². The molecule has 0 spiro atoms. The first kappa shape index (κ1) is 17.8. The minimum atomic E-state index is -1.01. The van der Waals surface area contributed by atoms with Crippen LogP contribution in [-0.2, 0) is 16.0 Å². The van der Waals surface area contributed by atoms with E-state index in [-0.39, 0.29) is 24.9 Å². The second kappa shape index (κ2) is 8.26. The van der Waals surface area contributed by atoms with Gasteiger partial charge in [-0.05, 0) is 38.0 Å². The van der Waals surface area contributed by atoms with Gasteiger partial charge in [-0.3, -0.25) is 9.59 Å². The summed E-state index contributed by atoms with van der Waals surface area (Å²) in [6.07, 6.45) is 0.733. The lowest BCUT2D eigenvalue weighted by atomic mass is 10.1. The maximum atomic E-state index is 12.2. The van der Waals surface area contributed by atoms with Gasteiger partial charge in [0.2, 0.25) is 5.91 Å². The summed E-state index contributed by atoms with van der Waals surface area (Å²) in [6.45, 7) is 3.32. The van der Waals surface area contributed by atoms with Crippen LogP contribution in [-0.4, -0.2) is 48.7 Å². The molecule has 0 saturated heterocycles. The number of methoxy groups -OCH3 is 2. The summed E-state index contributed by atoms with van der Waals surface area (Å²) in [5.74, 6) is 0.130. The van der Waals surface area contributed by atoms with Gasteiger partial charge in [0, 0.05) is 18.5 Å². The van der Waals surface area contributed by atoms with E-state index in [0.717, 1.165) is 5.56 Å². The second-order valence-corrected chi connectivity index (χ2v) is 5.23. The van der Waals surface area contributed by atoms with Gasteiger partial charge in [0.15, 0.2) is 0 Å². The quantitative estimate of drug-likeness (QED) is 0.794. The van der Waals surface area contributed by atoms with E-state index in [1.807, 2.05) is 12.1 Å². The van der Waals surface area contributed by atoms with Gasteiger partial charge in [-0.15, -0.1) is 0 Å². The van der Waals surface area contributed by atoms with E-state index in [4.69, 9.17) is 14.6 Å². The summed E-state index contributed by atoms with van der Waals surface area (Å²) in [4.78, 5) is 24.4. The third-order valence-electron chi connectivity index (χ3n) is 3.29.